The molecule has 0 aliphatic rings. The zero-order chi connectivity index (χ0) is 7.71. The highest BCUT2D eigenvalue weighted by molar-refractivity contribution is 7.85. The fraction of sp³-hybridized carbons (Fsp3) is 1.00. The molecule has 10 heavy (non-hydrogen) atoms. The Kier molecular flexibility index (Phi) is 4.93. The third-order valence-corrected chi connectivity index (χ3v) is 1.90. The smallest absolute Gasteiger partial charge is 0.266 e. The molecule has 0 rings (SSSR count). The lowest BCUT2D eigenvalue weighted by Gasteiger charge is -2.11. The molecule has 0 aromatic heterocycles. The van der Waals surface area contributed by atoms with Crippen molar-refractivity contribution in [3.05, 3.63) is 0 Å². The summed E-state index contributed by atoms with van der Waals surface area (Å²) in [5.74, 6) is -0.415. The van der Waals surface area contributed by atoms with Crippen LogP contribution in [0.5, 0.6) is 0 Å². The van der Waals surface area contributed by atoms with Crippen molar-refractivity contribution in [3.63, 3.8) is 0 Å². The van der Waals surface area contributed by atoms with Crippen LogP contribution in [0.1, 0.15) is 13.8 Å². The molecule has 0 aromatic carbocycles. The lowest BCUT2D eigenvalue weighted by atomic mass is 10.3. The van der Waals surface area contributed by atoms with Gasteiger partial charge in [0.2, 0.25) is 0 Å². The van der Waals surface area contributed by atoms with Crippen LogP contribution in [-0.4, -0.2) is 23.6 Å². The van der Waals surface area contributed by atoms with E-state index in [-0.39, 0.29) is 12.4 Å². The molecule has 3 nitrogen and oxygen atoms in total. The summed E-state index contributed by atoms with van der Waals surface area (Å²) < 4.78 is 28.5. The van der Waals surface area contributed by atoms with Crippen LogP contribution in [0.15, 0.2) is 0 Å². The molecule has 0 radical (unpaired) electrons. The number of halogens is 2. The molecule has 0 spiro atoms. The van der Waals surface area contributed by atoms with Crippen LogP contribution in [0.3, 0.4) is 0 Å². The molecule has 0 fully saturated rings. The number of hydrogen-bond donors (Lipinski definition) is 1. The minimum absolute atomic E-state index is 0. The lowest BCUT2D eigenvalue weighted by Crippen LogP contribution is -2.23. The van der Waals surface area contributed by atoms with Gasteiger partial charge in [0.05, 0.1) is 10.6 Å². The van der Waals surface area contributed by atoms with Gasteiger partial charge in [-0.25, -0.2) is 0 Å². The monoisotopic (exact) mass is 208 g/mol. The van der Waals surface area contributed by atoms with Gasteiger partial charge in [-0.2, -0.15) is 8.42 Å². The molecule has 1 N–H and O–H groups in total. The summed E-state index contributed by atoms with van der Waals surface area (Å²) in [6.07, 6.45) is 0. The molecule has 0 aromatic rings. The Morgan fingerprint density at radius 3 is 1.80 bits per heavy atom. The first-order chi connectivity index (χ1) is 3.71. The van der Waals surface area contributed by atoms with Gasteiger partial charge in [-0.3, -0.25) is 4.55 Å². The molecule has 0 aliphatic heterocycles. The molecule has 0 amide bonds. The zero-order valence-corrected chi connectivity index (χ0v) is 8.05. The van der Waals surface area contributed by atoms with Gasteiger partial charge in [-0.15, -0.1) is 24.0 Å². The van der Waals surface area contributed by atoms with Gasteiger partial charge >= 0.3 is 0 Å². The molecular formula is C4H10Cl2O3S. The second-order valence-corrected chi connectivity index (χ2v) is 4.92. The van der Waals surface area contributed by atoms with E-state index in [1.165, 1.54) is 13.8 Å². The van der Waals surface area contributed by atoms with E-state index >= 15 is 0 Å². The largest absolute Gasteiger partial charge is 0.285 e. The van der Waals surface area contributed by atoms with Crippen LogP contribution >= 0.6 is 24.0 Å². The van der Waals surface area contributed by atoms with Crippen LogP contribution in [0.4, 0.5) is 0 Å². The highest BCUT2D eigenvalue weighted by Gasteiger charge is 2.21. The first-order valence-electron chi connectivity index (χ1n) is 2.35. The Balaban J connectivity index is 0. The van der Waals surface area contributed by atoms with E-state index in [1.54, 1.807) is 0 Å². The molecular weight excluding hydrogens is 199 g/mol. The summed E-state index contributed by atoms with van der Waals surface area (Å²) in [7, 11) is -3.91. The van der Waals surface area contributed by atoms with Gasteiger partial charge in [-0.05, 0) is 13.8 Å². The predicted octanol–water partition coefficient (Wildman–Crippen LogP) is 1.31. The van der Waals surface area contributed by atoms with Crippen molar-refractivity contribution in [1.82, 2.24) is 0 Å². The highest BCUT2D eigenvalue weighted by atomic mass is 35.5. The molecule has 0 bridgehead atoms. The lowest BCUT2D eigenvalue weighted by molar-refractivity contribution is 0.476. The minimum Gasteiger partial charge on any atom is -0.285 e. The zero-order valence-electron chi connectivity index (χ0n) is 5.67. The van der Waals surface area contributed by atoms with Crippen LogP contribution in [0.25, 0.3) is 0 Å². The standard InChI is InChI=1S/C4H9ClO3S.ClH/c1-4(2,5)3-9(6,7)8;/h3H2,1-2H3,(H,6,7,8);1H. The Morgan fingerprint density at radius 2 is 1.80 bits per heavy atom. The molecule has 0 unspecified atom stereocenters. The summed E-state index contributed by atoms with van der Waals surface area (Å²) in [5, 5.41) is 0. The first kappa shape index (κ1) is 13.1. The van der Waals surface area contributed by atoms with Crippen molar-refractivity contribution in [2.24, 2.45) is 0 Å². The van der Waals surface area contributed by atoms with Crippen molar-refractivity contribution < 1.29 is 13.0 Å². The van der Waals surface area contributed by atoms with Crippen LogP contribution in [0, 0.1) is 0 Å². The normalized spacial score (nSPS) is 12.4. The van der Waals surface area contributed by atoms with E-state index in [2.05, 4.69) is 0 Å². The van der Waals surface area contributed by atoms with Crippen molar-refractivity contribution in [2.75, 3.05) is 5.75 Å². The summed E-state index contributed by atoms with van der Waals surface area (Å²) in [6.45, 7) is 3.03. The second kappa shape index (κ2) is 3.76. The van der Waals surface area contributed by atoms with Gasteiger partial charge < -0.3 is 0 Å². The van der Waals surface area contributed by atoms with E-state index in [0.29, 0.717) is 0 Å². The average Bonchev–Trinajstić information content (AvgIpc) is 1.14. The fourth-order valence-electron chi connectivity index (χ4n) is 0.434. The number of rotatable bonds is 2. The third-order valence-electron chi connectivity index (χ3n) is 0.526. The van der Waals surface area contributed by atoms with Gasteiger partial charge in [0.25, 0.3) is 10.1 Å². The van der Waals surface area contributed by atoms with Crippen LogP contribution in [0.2, 0.25) is 0 Å². The molecule has 0 saturated heterocycles. The van der Waals surface area contributed by atoms with Crippen molar-refractivity contribution >= 4 is 34.1 Å². The van der Waals surface area contributed by atoms with E-state index in [0.717, 1.165) is 0 Å². The Morgan fingerprint density at radius 1 is 1.50 bits per heavy atom. The summed E-state index contributed by atoms with van der Waals surface area (Å²) in [4.78, 5) is -0.881. The second-order valence-electron chi connectivity index (χ2n) is 2.44. The van der Waals surface area contributed by atoms with E-state index in [9.17, 15) is 8.42 Å². The first-order valence-corrected chi connectivity index (χ1v) is 4.33. The van der Waals surface area contributed by atoms with Crippen LogP contribution < -0.4 is 0 Å². The predicted molar refractivity (Wildman–Crippen MR) is 43.6 cm³/mol. The van der Waals surface area contributed by atoms with Gasteiger partial charge in [-0.1, -0.05) is 0 Å². The quantitative estimate of drug-likeness (QED) is 0.551. The summed E-state index contributed by atoms with van der Waals surface area (Å²) in [6, 6.07) is 0. The highest BCUT2D eigenvalue weighted by Crippen LogP contribution is 2.13. The fourth-order valence-corrected chi connectivity index (χ4v) is 1.71. The maximum atomic E-state index is 10.1. The molecule has 6 heteroatoms. The van der Waals surface area contributed by atoms with Crippen molar-refractivity contribution in [3.8, 4) is 0 Å². The van der Waals surface area contributed by atoms with Crippen molar-refractivity contribution in [1.29, 1.82) is 0 Å². The Labute approximate surface area is 71.9 Å². The van der Waals surface area contributed by atoms with Crippen molar-refractivity contribution in [2.45, 2.75) is 18.7 Å². The topological polar surface area (TPSA) is 54.4 Å². The van der Waals surface area contributed by atoms with Crippen LogP contribution in [-0.2, 0) is 10.1 Å². The van der Waals surface area contributed by atoms with Gasteiger partial charge in [0, 0.05) is 0 Å². The summed E-state index contributed by atoms with van der Waals surface area (Å²) >= 11 is 5.48. The minimum atomic E-state index is -3.91. The molecule has 64 valence electrons. The Bertz CT molecular complexity index is 179. The molecule has 0 heterocycles. The SMILES string of the molecule is CC(C)(Cl)CS(=O)(=O)O.Cl. The number of hydrogen-bond acceptors (Lipinski definition) is 2. The Hall–Kier alpha value is 0.490. The third kappa shape index (κ3) is 11.3. The molecule has 0 saturated carbocycles. The average molecular weight is 209 g/mol. The van der Waals surface area contributed by atoms with E-state index in [1.807, 2.05) is 0 Å². The van der Waals surface area contributed by atoms with Gasteiger partial charge in [0.1, 0.15) is 0 Å². The summed E-state index contributed by atoms with van der Waals surface area (Å²) in [5.41, 5.74) is 0. The van der Waals surface area contributed by atoms with Gasteiger partial charge in [0.15, 0.2) is 0 Å². The molecule has 0 aliphatic carbocycles. The maximum absolute atomic E-state index is 10.1. The van der Waals surface area contributed by atoms with E-state index < -0.39 is 20.7 Å². The maximum Gasteiger partial charge on any atom is 0.266 e. The molecule has 0 atom stereocenters. The number of alkyl halides is 1. The van der Waals surface area contributed by atoms with E-state index in [4.69, 9.17) is 16.2 Å².